The van der Waals surface area contributed by atoms with Gasteiger partial charge in [0.15, 0.2) is 0 Å². The van der Waals surface area contributed by atoms with Crippen LogP contribution in [-0.4, -0.2) is 17.0 Å². The van der Waals surface area contributed by atoms with Gasteiger partial charge in [0.1, 0.15) is 4.33 Å². The number of hydrogen-bond donors (Lipinski definition) is 0. The lowest BCUT2D eigenvalue weighted by Gasteiger charge is -2.06. The summed E-state index contributed by atoms with van der Waals surface area (Å²) in [6, 6.07) is 0. The van der Waals surface area contributed by atoms with Crippen LogP contribution >= 0.6 is 23.2 Å². The molecule has 0 N–H and O–H groups in total. The molecule has 1 saturated heterocycles. The molecule has 1 heterocycles. The second-order valence-electron chi connectivity index (χ2n) is 3.42. The molecular weight excluding hydrogens is 183 g/mol. The first kappa shape index (κ1) is 8.15. The Kier molecular flexibility index (Phi) is 2.07. The van der Waals surface area contributed by atoms with Gasteiger partial charge in [-0.15, -0.1) is 0 Å². The Bertz CT molecular complexity index is 142. The quantitative estimate of drug-likeness (QED) is 0.540. The summed E-state index contributed by atoms with van der Waals surface area (Å²) in [5.41, 5.74) is 0. The van der Waals surface area contributed by atoms with E-state index in [1.54, 1.807) is 0 Å². The van der Waals surface area contributed by atoms with E-state index in [2.05, 4.69) is 0 Å². The third kappa shape index (κ3) is 1.39. The van der Waals surface area contributed by atoms with Gasteiger partial charge in [-0.05, 0) is 12.8 Å². The SMILES string of the molecule is ClC1(Cl)[C@@H]2OCCCCC[C@@H]21. The summed E-state index contributed by atoms with van der Waals surface area (Å²) >= 11 is 12.0. The van der Waals surface area contributed by atoms with Crippen molar-refractivity contribution in [3.05, 3.63) is 0 Å². The zero-order valence-corrected chi connectivity index (χ0v) is 7.87. The van der Waals surface area contributed by atoms with Crippen molar-refractivity contribution < 1.29 is 4.74 Å². The fraction of sp³-hybridized carbons (Fsp3) is 1.00. The van der Waals surface area contributed by atoms with Crippen LogP contribution in [-0.2, 0) is 4.74 Å². The van der Waals surface area contributed by atoms with E-state index < -0.39 is 4.33 Å². The van der Waals surface area contributed by atoms with Gasteiger partial charge >= 0.3 is 0 Å². The Morgan fingerprint density at radius 1 is 1.18 bits per heavy atom. The molecule has 0 aromatic heterocycles. The Morgan fingerprint density at radius 2 is 2.00 bits per heavy atom. The molecular formula is C8H12Cl2O. The minimum atomic E-state index is -0.551. The average Bonchev–Trinajstić information content (AvgIpc) is 2.29. The van der Waals surface area contributed by atoms with Crippen molar-refractivity contribution in [2.75, 3.05) is 6.61 Å². The molecule has 0 spiro atoms. The molecule has 11 heavy (non-hydrogen) atoms. The van der Waals surface area contributed by atoms with Crippen LogP contribution in [0.25, 0.3) is 0 Å². The van der Waals surface area contributed by atoms with Gasteiger partial charge in [-0.2, -0.15) is 0 Å². The van der Waals surface area contributed by atoms with Gasteiger partial charge in [0.25, 0.3) is 0 Å². The monoisotopic (exact) mass is 194 g/mol. The van der Waals surface area contributed by atoms with E-state index in [1.807, 2.05) is 0 Å². The van der Waals surface area contributed by atoms with E-state index in [4.69, 9.17) is 27.9 Å². The van der Waals surface area contributed by atoms with Crippen LogP contribution < -0.4 is 0 Å². The largest absolute Gasteiger partial charge is 0.375 e. The summed E-state index contributed by atoms with van der Waals surface area (Å²) in [6.07, 6.45) is 4.94. The topological polar surface area (TPSA) is 9.23 Å². The lowest BCUT2D eigenvalue weighted by atomic mass is 10.1. The lowest BCUT2D eigenvalue weighted by Crippen LogP contribution is -2.04. The van der Waals surface area contributed by atoms with Crippen LogP contribution in [0.15, 0.2) is 0 Å². The number of halogens is 2. The fourth-order valence-electron chi connectivity index (χ4n) is 1.78. The van der Waals surface area contributed by atoms with Crippen molar-refractivity contribution >= 4 is 23.2 Å². The highest BCUT2D eigenvalue weighted by molar-refractivity contribution is 6.51. The summed E-state index contributed by atoms with van der Waals surface area (Å²) in [5, 5.41) is 0. The average molecular weight is 195 g/mol. The molecule has 1 aliphatic heterocycles. The van der Waals surface area contributed by atoms with Gasteiger partial charge in [-0.25, -0.2) is 0 Å². The molecule has 3 heteroatoms. The number of rotatable bonds is 0. The second-order valence-corrected chi connectivity index (χ2v) is 4.87. The van der Waals surface area contributed by atoms with Crippen molar-refractivity contribution in [3.63, 3.8) is 0 Å². The lowest BCUT2D eigenvalue weighted by molar-refractivity contribution is 0.0955. The van der Waals surface area contributed by atoms with Gasteiger partial charge < -0.3 is 4.74 Å². The maximum absolute atomic E-state index is 6.00. The molecule has 2 rings (SSSR count). The highest BCUT2D eigenvalue weighted by Gasteiger charge is 2.63. The van der Waals surface area contributed by atoms with E-state index in [0.29, 0.717) is 5.92 Å². The summed E-state index contributed by atoms with van der Waals surface area (Å²) in [7, 11) is 0. The molecule has 2 atom stereocenters. The molecule has 0 radical (unpaired) electrons. The van der Waals surface area contributed by atoms with Gasteiger partial charge in [-0.3, -0.25) is 0 Å². The summed E-state index contributed by atoms with van der Waals surface area (Å²) in [6.45, 7) is 0.836. The zero-order chi connectivity index (χ0) is 7.90. The smallest absolute Gasteiger partial charge is 0.149 e. The van der Waals surface area contributed by atoms with Crippen LogP contribution in [0.2, 0.25) is 0 Å². The number of fused-ring (bicyclic) bond motifs is 1. The van der Waals surface area contributed by atoms with Crippen LogP contribution in [0.3, 0.4) is 0 Å². The molecule has 1 nitrogen and oxygen atoms in total. The first-order chi connectivity index (χ1) is 5.23. The van der Waals surface area contributed by atoms with E-state index in [-0.39, 0.29) is 6.10 Å². The molecule has 2 fully saturated rings. The molecule has 0 aromatic rings. The summed E-state index contributed by atoms with van der Waals surface area (Å²) in [4.78, 5) is 0. The highest BCUT2D eigenvalue weighted by atomic mass is 35.5. The Hall–Kier alpha value is 0.540. The molecule has 0 unspecified atom stereocenters. The summed E-state index contributed by atoms with van der Waals surface area (Å²) in [5.74, 6) is 0.408. The Balaban J connectivity index is 1.95. The molecule has 64 valence electrons. The maximum Gasteiger partial charge on any atom is 0.149 e. The fourth-order valence-corrected chi connectivity index (χ4v) is 2.53. The van der Waals surface area contributed by atoms with Crippen molar-refractivity contribution in [2.24, 2.45) is 5.92 Å². The second kappa shape index (κ2) is 2.79. The Morgan fingerprint density at radius 3 is 2.82 bits per heavy atom. The van der Waals surface area contributed by atoms with Crippen molar-refractivity contribution in [1.29, 1.82) is 0 Å². The number of hydrogen-bond acceptors (Lipinski definition) is 1. The first-order valence-corrected chi connectivity index (χ1v) is 4.98. The molecule has 0 amide bonds. The van der Waals surface area contributed by atoms with Crippen LogP contribution in [0.1, 0.15) is 25.7 Å². The third-order valence-corrected chi connectivity index (χ3v) is 3.58. The molecule has 1 aliphatic carbocycles. The predicted molar refractivity (Wildman–Crippen MR) is 46.1 cm³/mol. The van der Waals surface area contributed by atoms with Gasteiger partial charge in [0.05, 0.1) is 6.10 Å². The predicted octanol–water partition coefficient (Wildman–Crippen LogP) is 2.75. The molecule has 0 aromatic carbocycles. The van der Waals surface area contributed by atoms with E-state index in [0.717, 1.165) is 19.4 Å². The minimum Gasteiger partial charge on any atom is -0.375 e. The van der Waals surface area contributed by atoms with Crippen LogP contribution in [0, 0.1) is 5.92 Å². The Labute approximate surface area is 77.0 Å². The van der Waals surface area contributed by atoms with Gasteiger partial charge in [0.2, 0.25) is 0 Å². The van der Waals surface area contributed by atoms with E-state index in [1.165, 1.54) is 12.8 Å². The first-order valence-electron chi connectivity index (χ1n) is 4.22. The maximum atomic E-state index is 6.00. The number of ether oxygens (including phenoxy) is 1. The standard InChI is InChI=1S/C8H12Cl2O/c9-8(10)6-4-2-1-3-5-11-7(6)8/h6-7H,1-5H2/t6-,7+/m0/s1. The minimum absolute atomic E-state index is 0.131. The van der Waals surface area contributed by atoms with Crippen molar-refractivity contribution in [2.45, 2.75) is 36.1 Å². The summed E-state index contributed by atoms with van der Waals surface area (Å²) < 4.78 is 4.96. The molecule has 1 saturated carbocycles. The third-order valence-electron chi connectivity index (χ3n) is 2.59. The van der Waals surface area contributed by atoms with Crippen molar-refractivity contribution in [1.82, 2.24) is 0 Å². The van der Waals surface area contributed by atoms with Gasteiger partial charge in [-0.1, -0.05) is 36.0 Å². The molecule has 2 aliphatic rings. The van der Waals surface area contributed by atoms with Crippen LogP contribution in [0.4, 0.5) is 0 Å². The van der Waals surface area contributed by atoms with Gasteiger partial charge in [0, 0.05) is 12.5 Å². The van der Waals surface area contributed by atoms with E-state index in [9.17, 15) is 0 Å². The molecule has 0 bridgehead atoms. The van der Waals surface area contributed by atoms with Crippen LogP contribution in [0.5, 0.6) is 0 Å². The number of alkyl halides is 2. The normalized spacial score (nSPS) is 42.0. The highest BCUT2D eigenvalue weighted by Crippen LogP contribution is 2.58. The zero-order valence-electron chi connectivity index (χ0n) is 6.35. The van der Waals surface area contributed by atoms with E-state index >= 15 is 0 Å². The van der Waals surface area contributed by atoms with Crippen molar-refractivity contribution in [3.8, 4) is 0 Å².